The Hall–Kier alpha value is -1.81. The number of nitrogens with zero attached hydrogens (tertiary/aromatic N) is 4. The van der Waals surface area contributed by atoms with Crippen LogP contribution < -0.4 is 22.1 Å². The number of hydrogen-bond acceptors (Lipinski definition) is 9. The summed E-state index contributed by atoms with van der Waals surface area (Å²) in [5, 5.41) is 10.9. The Morgan fingerprint density at radius 1 is 1.21 bits per heavy atom. The molecular weight excluding hydrogens is 398 g/mol. The summed E-state index contributed by atoms with van der Waals surface area (Å²) in [6.45, 7) is 1.65. The quantitative estimate of drug-likeness (QED) is 0.584. The summed E-state index contributed by atoms with van der Waals surface area (Å²) in [6, 6.07) is 1.83. The molecule has 1 aliphatic carbocycles. The highest BCUT2D eigenvalue weighted by Gasteiger charge is 2.46. The number of aliphatic hydroxyl groups is 1. The maximum absolute atomic E-state index is 9.97. The van der Waals surface area contributed by atoms with Crippen molar-refractivity contribution in [3.05, 3.63) is 23.5 Å². The molecule has 2 unspecified atom stereocenters. The SMILES string of the molecule is Nc1nc(N2CCC3(CC2)CC(O)CC3N)cnc1Sc1ccnc(N)c1Cl. The molecule has 0 amide bonds. The number of anilines is 3. The number of aromatic nitrogens is 3. The second-order valence-corrected chi connectivity index (χ2v) is 8.99. The van der Waals surface area contributed by atoms with Crippen molar-refractivity contribution in [1.29, 1.82) is 0 Å². The second-order valence-electron chi connectivity index (χ2n) is 7.58. The zero-order valence-electron chi connectivity index (χ0n) is 15.4. The highest BCUT2D eigenvalue weighted by atomic mass is 35.5. The maximum Gasteiger partial charge on any atom is 0.158 e. The zero-order valence-corrected chi connectivity index (χ0v) is 17.0. The minimum atomic E-state index is -0.276. The Bertz CT molecular complexity index is 875. The average Bonchev–Trinajstić information content (AvgIpc) is 2.94. The number of halogens is 1. The molecule has 2 aromatic rings. The van der Waals surface area contributed by atoms with Gasteiger partial charge in [-0.15, -0.1) is 0 Å². The molecule has 0 bridgehead atoms. The molecule has 2 aliphatic rings. The molecule has 2 fully saturated rings. The number of aliphatic hydroxyl groups excluding tert-OH is 1. The van der Waals surface area contributed by atoms with Gasteiger partial charge in [0.2, 0.25) is 0 Å². The fraction of sp³-hybridized carbons (Fsp3) is 0.500. The molecule has 1 saturated carbocycles. The summed E-state index contributed by atoms with van der Waals surface area (Å²) in [6.07, 6.45) is 6.42. The molecule has 28 heavy (non-hydrogen) atoms. The first-order valence-corrected chi connectivity index (χ1v) is 10.5. The van der Waals surface area contributed by atoms with Crippen molar-refractivity contribution in [2.24, 2.45) is 11.1 Å². The van der Waals surface area contributed by atoms with Gasteiger partial charge in [0.25, 0.3) is 0 Å². The van der Waals surface area contributed by atoms with E-state index in [1.165, 1.54) is 11.8 Å². The summed E-state index contributed by atoms with van der Waals surface area (Å²) in [5.41, 5.74) is 18.3. The highest BCUT2D eigenvalue weighted by molar-refractivity contribution is 7.99. The average molecular weight is 422 g/mol. The van der Waals surface area contributed by atoms with Crippen molar-refractivity contribution in [2.75, 3.05) is 29.5 Å². The van der Waals surface area contributed by atoms with Crippen LogP contribution >= 0.6 is 23.4 Å². The van der Waals surface area contributed by atoms with E-state index >= 15 is 0 Å². The molecule has 0 radical (unpaired) electrons. The van der Waals surface area contributed by atoms with Crippen LogP contribution in [0.25, 0.3) is 0 Å². The molecule has 1 aliphatic heterocycles. The van der Waals surface area contributed by atoms with Crippen LogP contribution in [0.3, 0.4) is 0 Å². The molecule has 0 aromatic carbocycles. The summed E-state index contributed by atoms with van der Waals surface area (Å²) in [7, 11) is 0. The van der Waals surface area contributed by atoms with E-state index in [2.05, 4.69) is 19.9 Å². The van der Waals surface area contributed by atoms with Gasteiger partial charge in [-0.25, -0.2) is 15.0 Å². The summed E-state index contributed by atoms with van der Waals surface area (Å²) in [5.74, 6) is 1.37. The normalized spacial score (nSPS) is 24.0. The molecule has 4 rings (SSSR count). The first-order valence-electron chi connectivity index (χ1n) is 9.27. The van der Waals surface area contributed by atoms with Crippen molar-refractivity contribution < 1.29 is 5.11 Å². The number of nitrogen functional groups attached to an aromatic ring is 2. The molecule has 3 heterocycles. The number of piperidine rings is 1. The van der Waals surface area contributed by atoms with Crippen LogP contribution in [0.2, 0.25) is 5.02 Å². The van der Waals surface area contributed by atoms with E-state index in [1.54, 1.807) is 18.5 Å². The Morgan fingerprint density at radius 3 is 2.61 bits per heavy atom. The van der Waals surface area contributed by atoms with E-state index in [9.17, 15) is 5.11 Å². The van der Waals surface area contributed by atoms with E-state index in [-0.39, 0.29) is 23.4 Å². The Morgan fingerprint density at radius 2 is 1.96 bits per heavy atom. The Balaban J connectivity index is 1.46. The fourth-order valence-electron chi connectivity index (χ4n) is 4.24. The van der Waals surface area contributed by atoms with E-state index in [4.69, 9.17) is 28.8 Å². The van der Waals surface area contributed by atoms with Crippen molar-refractivity contribution in [3.8, 4) is 0 Å². The van der Waals surface area contributed by atoms with E-state index < -0.39 is 0 Å². The van der Waals surface area contributed by atoms with Gasteiger partial charge in [-0.3, -0.25) is 0 Å². The predicted molar refractivity (Wildman–Crippen MR) is 111 cm³/mol. The lowest BCUT2D eigenvalue weighted by Crippen LogP contribution is -2.47. The molecular formula is C18H24ClN7OS. The van der Waals surface area contributed by atoms with Gasteiger partial charge in [-0.05, 0) is 37.2 Å². The number of nitrogens with two attached hydrogens (primary N) is 3. The predicted octanol–water partition coefficient (Wildman–Crippen LogP) is 1.91. The third kappa shape index (κ3) is 3.59. The van der Waals surface area contributed by atoms with Gasteiger partial charge < -0.3 is 27.2 Å². The molecule has 7 N–H and O–H groups in total. The van der Waals surface area contributed by atoms with E-state index in [0.717, 1.165) is 43.1 Å². The van der Waals surface area contributed by atoms with Crippen LogP contribution in [0.1, 0.15) is 25.7 Å². The van der Waals surface area contributed by atoms with Gasteiger partial charge >= 0.3 is 0 Å². The second kappa shape index (κ2) is 7.55. The van der Waals surface area contributed by atoms with Crippen molar-refractivity contribution in [2.45, 2.75) is 47.8 Å². The van der Waals surface area contributed by atoms with Crippen LogP contribution in [0.4, 0.5) is 17.5 Å². The summed E-state index contributed by atoms with van der Waals surface area (Å²) >= 11 is 7.51. The van der Waals surface area contributed by atoms with Gasteiger partial charge in [-0.2, -0.15) is 0 Å². The maximum atomic E-state index is 9.97. The van der Waals surface area contributed by atoms with Crippen LogP contribution in [0.15, 0.2) is 28.4 Å². The monoisotopic (exact) mass is 421 g/mol. The largest absolute Gasteiger partial charge is 0.393 e. The molecule has 8 nitrogen and oxygen atoms in total. The third-order valence-electron chi connectivity index (χ3n) is 5.88. The van der Waals surface area contributed by atoms with E-state index in [1.807, 2.05) is 0 Å². The highest BCUT2D eigenvalue weighted by Crippen LogP contribution is 2.46. The van der Waals surface area contributed by atoms with Crippen LogP contribution in [-0.4, -0.2) is 45.3 Å². The van der Waals surface area contributed by atoms with Crippen molar-refractivity contribution in [3.63, 3.8) is 0 Å². The Labute approximate surface area is 172 Å². The van der Waals surface area contributed by atoms with Crippen LogP contribution in [0, 0.1) is 5.41 Å². The first kappa shape index (κ1) is 19.5. The molecule has 2 atom stereocenters. The molecule has 150 valence electrons. The lowest BCUT2D eigenvalue weighted by atomic mass is 9.74. The smallest absolute Gasteiger partial charge is 0.158 e. The fourth-order valence-corrected chi connectivity index (χ4v) is 5.26. The Kier molecular flexibility index (Phi) is 5.26. The van der Waals surface area contributed by atoms with Crippen molar-refractivity contribution >= 4 is 40.8 Å². The van der Waals surface area contributed by atoms with Crippen LogP contribution in [0.5, 0.6) is 0 Å². The van der Waals surface area contributed by atoms with Crippen LogP contribution in [-0.2, 0) is 0 Å². The summed E-state index contributed by atoms with van der Waals surface area (Å²) in [4.78, 5) is 15.9. The number of pyridine rings is 1. The number of hydrogen-bond donors (Lipinski definition) is 4. The van der Waals surface area contributed by atoms with Gasteiger partial charge in [0, 0.05) is 30.2 Å². The molecule has 1 spiro atoms. The number of rotatable bonds is 3. The van der Waals surface area contributed by atoms with E-state index in [0.29, 0.717) is 22.3 Å². The lowest BCUT2D eigenvalue weighted by molar-refractivity contribution is 0.141. The molecule has 10 heteroatoms. The topological polar surface area (TPSA) is 140 Å². The lowest BCUT2D eigenvalue weighted by Gasteiger charge is -2.42. The summed E-state index contributed by atoms with van der Waals surface area (Å²) < 4.78 is 0. The first-order chi connectivity index (χ1) is 13.4. The standard InChI is InChI=1S/C18H24ClN7OS/c19-14-11(1-4-23-15(14)21)28-17-16(22)25-13(9-24-17)26-5-2-18(3-6-26)8-10(27)7-12(18)20/h1,4,9-10,12,27H,2-3,5-8,20H2,(H2,21,23)(H2,22,25). The zero-order chi connectivity index (χ0) is 19.9. The van der Waals surface area contributed by atoms with Gasteiger partial charge in [0.05, 0.1) is 17.3 Å². The minimum absolute atomic E-state index is 0.0444. The molecule has 1 saturated heterocycles. The minimum Gasteiger partial charge on any atom is -0.393 e. The van der Waals surface area contributed by atoms with Gasteiger partial charge in [0.1, 0.15) is 16.7 Å². The molecule has 2 aromatic heterocycles. The third-order valence-corrected chi connectivity index (χ3v) is 7.45. The van der Waals surface area contributed by atoms with Gasteiger partial charge in [-0.1, -0.05) is 23.4 Å². The van der Waals surface area contributed by atoms with Crippen molar-refractivity contribution in [1.82, 2.24) is 15.0 Å². The van der Waals surface area contributed by atoms with Gasteiger partial charge in [0.15, 0.2) is 5.82 Å².